The van der Waals surface area contributed by atoms with E-state index in [-0.39, 0.29) is 0 Å². The average Bonchev–Trinajstić information content (AvgIpc) is 2.51. The molecule has 2 rings (SSSR count). The van der Waals surface area contributed by atoms with E-state index in [1.54, 1.807) is 31.5 Å². The molecule has 0 aliphatic carbocycles. The normalized spacial score (nSPS) is 18.2. The number of rotatable bonds is 1. The highest BCUT2D eigenvalue weighted by atomic mass is 16.7. The standard InChI is InChI=1S/C10H8N2O2/c1-7-9(10(13)14-12-7)5-8-3-2-4-11-6-8/h2-6H,1H3. The van der Waals surface area contributed by atoms with Crippen LogP contribution in [0.15, 0.2) is 35.3 Å². The SMILES string of the molecule is CC1=NOC(=O)C1=Cc1cccnc1. The van der Waals surface area contributed by atoms with Crippen LogP contribution in [-0.4, -0.2) is 16.7 Å². The number of pyridine rings is 1. The highest BCUT2D eigenvalue weighted by molar-refractivity contribution is 6.24. The Labute approximate surface area is 80.9 Å². The van der Waals surface area contributed by atoms with E-state index >= 15 is 0 Å². The second-order valence-corrected chi connectivity index (χ2v) is 2.90. The maximum Gasteiger partial charge on any atom is 0.367 e. The highest BCUT2D eigenvalue weighted by Gasteiger charge is 2.21. The van der Waals surface area contributed by atoms with Crippen LogP contribution in [0.25, 0.3) is 6.08 Å². The van der Waals surface area contributed by atoms with E-state index in [4.69, 9.17) is 0 Å². The molecule has 0 spiro atoms. The third-order valence-corrected chi connectivity index (χ3v) is 1.87. The molecule has 0 radical (unpaired) electrons. The number of carbonyl (C=O) groups is 1. The number of hydrogen-bond acceptors (Lipinski definition) is 4. The molecule has 0 unspecified atom stereocenters. The number of carbonyl (C=O) groups excluding carboxylic acids is 1. The molecule has 1 aliphatic heterocycles. The summed E-state index contributed by atoms with van der Waals surface area (Å²) in [5, 5.41) is 3.57. The maximum absolute atomic E-state index is 11.2. The Hall–Kier alpha value is -1.97. The summed E-state index contributed by atoms with van der Waals surface area (Å²) in [5.74, 6) is -0.411. The molecule has 0 saturated heterocycles. The van der Waals surface area contributed by atoms with Crippen molar-refractivity contribution in [3.05, 3.63) is 35.7 Å². The van der Waals surface area contributed by atoms with E-state index in [1.807, 2.05) is 6.07 Å². The van der Waals surface area contributed by atoms with Gasteiger partial charge >= 0.3 is 5.97 Å². The molecule has 14 heavy (non-hydrogen) atoms. The summed E-state index contributed by atoms with van der Waals surface area (Å²) in [7, 11) is 0. The molecule has 2 heterocycles. The molecular weight excluding hydrogens is 180 g/mol. The van der Waals surface area contributed by atoms with Crippen molar-refractivity contribution in [1.82, 2.24) is 4.98 Å². The second kappa shape index (κ2) is 3.41. The topological polar surface area (TPSA) is 51.5 Å². The molecule has 0 bridgehead atoms. The summed E-state index contributed by atoms with van der Waals surface area (Å²) in [6.45, 7) is 1.73. The van der Waals surface area contributed by atoms with Crippen LogP contribution < -0.4 is 0 Å². The first-order chi connectivity index (χ1) is 6.77. The molecule has 1 aromatic rings. The Morgan fingerprint density at radius 1 is 1.50 bits per heavy atom. The Kier molecular flexibility index (Phi) is 2.10. The van der Waals surface area contributed by atoms with E-state index in [1.165, 1.54) is 0 Å². The highest BCUT2D eigenvalue weighted by Crippen LogP contribution is 2.14. The minimum Gasteiger partial charge on any atom is -0.312 e. The molecule has 0 atom stereocenters. The van der Waals surface area contributed by atoms with E-state index in [2.05, 4.69) is 15.0 Å². The smallest absolute Gasteiger partial charge is 0.312 e. The zero-order valence-electron chi connectivity index (χ0n) is 7.60. The third kappa shape index (κ3) is 1.54. The van der Waals surface area contributed by atoms with Crippen LogP contribution in [0, 0.1) is 0 Å². The van der Waals surface area contributed by atoms with E-state index in [0.29, 0.717) is 11.3 Å². The molecule has 4 heteroatoms. The van der Waals surface area contributed by atoms with E-state index in [9.17, 15) is 4.79 Å². The lowest BCUT2D eigenvalue weighted by Crippen LogP contribution is -2.01. The van der Waals surface area contributed by atoms with Gasteiger partial charge in [-0.1, -0.05) is 11.2 Å². The first-order valence-electron chi connectivity index (χ1n) is 4.15. The molecular formula is C10H8N2O2. The Morgan fingerprint density at radius 2 is 2.36 bits per heavy atom. The molecule has 0 amide bonds. The summed E-state index contributed by atoms with van der Waals surface area (Å²) in [6.07, 6.45) is 5.06. The van der Waals surface area contributed by atoms with Crippen LogP contribution in [0.3, 0.4) is 0 Å². The van der Waals surface area contributed by atoms with Crippen molar-refractivity contribution >= 4 is 17.8 Å². The van der Waals surface area contributed by atoms with Gasteiger partial charge in [-0.25, -0.2) is 4.79 Å². The number of hydrogen-bond donors (Lipinski definition) is 0. The van der Waals surface area contributed by atoms with Gasteiger partial charge in [0.05, 0.1) is 11.3 Å². The van der Waals surface area contributed by atoms with Gasteiger partial charge in [-0.15, -0.1) is 0 Å². The van der Waals surface area contributed by atoms with Gasteiger partial charge in [0, 0.05) is 12.4 Å². The van der Waals surface area contributed by atoms with Gasteiger partial charge in [0.2, 0.25) is 0 Å². The van der Waals surface area contributed by atoms with Crippen molar-refractivity contribution < 1.29 is 9.63 Å². The molecule has 0 aromatic carbocycles. The third-order valence-electron chi connectivity index (χ3n) is 1.87. The fourth-order valence-electron chi connectivity index (χ4n) is 1.15. The first kappa shape index (κ1) is 8.62. The molecule has 0 saturated carbocycles. The molecule has 1 aromatic heterocycles. The Balaban J connectivity index is 2.36. The van der Waals surface area contributed by atoms with Gasteiger partial charge in [-0.05, 0) is 24.6 Å². The molecule has 0 fully saturated rings. The minimum absolute atomic E-state index is 0.411. The fraction of sp³-hybridized carbons (Fsp3) is 0.100. The van der Waals surface area contributed by atoms with Crippen molar-refractivity contribution in [2.24, 2.45) is 5.16 Å². The number of aromatic nitrogens is 1. The van der Waals surface area contributed by atoms with Gasteiger partial charge in [-0.3, -0.25) is 4.98 Å². The first-order valence-corrected chi connectivity index (χ1v) is 4.15. The van der Waals surface area contributed by atoms with Gasteiger partial charge in [-0.2, -0.15) is 0 Å². The van der Waals surface area contributed by atoms with E-state index < -0.39 is 5.97 Å². The number of oxime groups is 1. The summed E-state index contributed by atoms with van der Waals surface area (Å²) in [4.78, 5) is 19.6. The largest absolute Gasteiger partial charge is 0.367 e. The van der Waals surface area contributed by atoms with Crippen LogP contribution in [0.1, 0.15) is 12.5 Å². The lowest BCUT2D eigenvalue weighted by molar-refractivity contribution is -0.136. The van der Waals surface area contributed by atoms with Crippen molar-refractivity contribution in [1.29, 1.82) is 0 Å². The fourth-order valence-corrected chi connectivity index (χ4v) is 1.15. The summed E-state index contributed by atoms with van der Waals surface area (Å²) < 4.78 is 0. The number of nitrogens with zero attached hydrogens (tertiary/aromatic N) is 2. The minimum atomic E-state index is -0.411. The van der Waals surface area contributed by atoms with Gasteiger partial charge in [0.15, 0.2) is 0 Å². The van der Waals surface area contributed by atoms with Gasteiger partial charge in [0.1, 0.15) is 0 Å². The van der Waals surface area contributed by atoms with Crippen molar-refractivity contribution in [3.8, 4) is 0 Å². The maximum atomic E-state index is 11.2. The Morgan fingerprint density at radius 3 is 2.93 bits per heavy atom. The zero-order valence-corrected chi connectivity index (χ0v) is 7.60. The average molecular weight is 188 g/mol. The predicted molar refractivity (Wildman–Crippen MR) is 51.4 cm³/mol. The summed E-state index contributed by atoms with van der Waals surface area (Å²) in [5.41, 5.74) is 1.94. The van der Waals surface area contributed by atoms with Crippen LogP contribution >= 0.6 is 0 Å². The monoisotopic (exact) mass is 188 g/mol. The molecule has 4 nitrogen and oxygen atoms in total. The summed E-state index contributed by atoms with van der Waals surface area (Å²) in [6, 6.07) is 3.66. The lowest BCUT2D eigenvalue weighted by Gasteiger charge is -1.93. The zero-order chi connectivity index (χ0) is 9.97. The van der Waals surface area contributed by atoms with Crippen LogP contribution in [0.5, 0.6) is 0 Å². The van der Waals surface area contributed by atoms with E-state index in [0.717, 1.165) is 5.56 Å². The quantitative estimate of drug-likeness (QED) is 0.494. The van der Waals surface area contributed by atoms with Gasteiger partial charge in [0.25, 0.3) is 0 Å². The van der Waals surface area contributed by atoms with Crippen LogP contribution in [0.2, 0.25) is 0 Å². The van der Waals surface area contributed by atoms with Crippen molar-refractivity contribution in [3.63, 3.8) is 0 Å². The summed E-state index contributed by atoms with van der Waals surface area (Å²) >= 11 is 0. The van der Waals surface area contributed by atoms with Crippen molar-refractivity contribution in [2.75, 3.05) is 0 Å². The molecule has 70 valence electrons. The second-order valence-electron chi connectivity index (χ2n) is 2.90. The molecule has 0 N–H and O–H groups in total. The van der Waals surface area contributed by atoms with Crippen molar-refractivity contribution in [2.45, 2.75) is 6.92 Å². The molecule has 1 aliphatic rings. The van der Waals surface area contributed by atoms with Crippen LogP contribution in [0.4, 0.5) is 0 Å². The predicted octanol–water partition coefficient (Wildman–Crippen LogP) is 1.40. The van der Waals surface area contributed by atoms with Gasteiger partial charge < -0.3 is 4.84 Å². The Bertz CT molecular complexity index is 421. The lowest BCUT2D eigenvalue weighted by atomic mass is 10.1. The van der Waals surface area contributed by atoms with Crippen LogP contribution in [-0.2, 0) is 9.63 Å².